The largest absolute Gasteiger partial charge is 0.413 e. The second-order valence-electron chi connectivity index (χ2n) is 0.759. The molecule has 0 saturated heterocycles. The third-order valence-electron chi connectivity index (χ3n) is 0.203. The molecule has 0 spiro atoms. The normalized spacial score (nSPS) is 8.17. The van der Waals surface area contributed by atoms with Gasteiger partial charge in [-0.2, -0.15) is 0 Å². The lowest BCUT2D eigenvalue weighted by Crippen LogP contribution is -1.70. The molecule has 0 aromatic carbocycles. The number of rotatable bonds is 1. The Morgan fingerprint density at radius 1 is 2.33 bits per heavy atom. The Morgan fingerprint density at radius 2 is 3.00 bits per heavy atom. The summed E-state index contributed by atoms with van der Waals surface area (Å²) < 4.78 is 10.9. The fourth-order valence-electron chi connectivity index (χ4n) is 0.0833. The minimum absolute atomic E-state index is 0.0319. The zero-order valence-corrected chi connectivity index (χ0v) is 3.40. The lowest BCUT2D eigenvalue weighted by molar-refractivity contribution is 0.390. The van der Waals surface area contributed by atoms with Crippen molar-refractivity contribution in [2.45, 2.75) is 6.90 Å². The highest BCUT2D eigenvalue weighted by Crippen LogP contribution is 1.83. The highest BCUT2D eigenvalue weighted by Gasteiger charge is 1.70. The van der Waals surface area contributed by atoms with E-state index >= 15 is 0 Å². The molecule has 0 aliphatic rings. The van der Waals surface area contributed by atoms with Gasteiger partial charge in [0.25, 0.3) is 0 Å². The molecule has 1 heteroatoms. The zero-order chi connectivity index (χ0) is 5.70. The van der Waals surface area contributed by atoms with E-state index in [1.807, 2.05) is 6.11 Å². The predicted octanol–water partition coefficient (Wildman–Crippen LogP) is 1.13. The fraction of sp³-hybridized carbons (Fsp3) is 0.200. The van der Waals surface area contributed by atoms with Crippen molar-refractivity contribution in [2.24, 2.45) is 0 Å². The average molecular weight is 84.1 g/mol. The van der Waals surface area contributed by atoms with Crippen molar-refractivity contribution in [3.8, 4) is 12.5 Å². The van der Waals surface area contributed by atoms with Crippen LogP contribution in [0.5, 0.6) is 0 Å². The summed E-state index contributed by atoms with van der Waals surface area (Å²) in [4.78, 5) is 0. The molecule has 0 aromatic rings. The smallest absolute Gasteiger partial charge is 0.112 e. The standard InChI is InChI=1S/C5H6O/c1-4-6-5(2)3/h1H,2H2,3H3/i3T. The van der Waals surface area contributed by atoms with Crippen LogP contribution in [0.3, 0.4) is 0 Å². The van der Waals surface area contributed by atoms with Crippen LogP contribution in [-0.4, -0.2) is 0 Å². The summed E-state index contributed by atoms with van der Waals surface area (Å²) in [5, 5.41) is 0. The summed E-state index contributed by atoms with van der Waals surface area (Å²) in [5.41, 5.74) is 0. The van der Waals surface area contributed by atoms with Crippen molar-refractivity contribution >= 4 is 0 Å². The van der Waals surface area contributed by atoms with E-state index in [2.05, 4.69) is 17.7 Å². The van der Waals surface area contributed by atoms with Gasteiger partial charge < -0.3 is 4.74 Å². The quantitative estimate of drug-likeness (QED) is 0.342. The number of hydrogen-bond acceptors (Lipinski definition) is 1. The second-order valence-corrected chi connectivity index (χ2v) is 0.759. The molecule has 0 N–H and O–H groups in total. The van der Waals surface area contributed by atoms with Gasteiger partial charge in [-0.3, -0.25) is 0 Å². The third kappa shape index (κ3) is 3.10. The molecule has 32 valence electrons. The van der Waals surface area contributed by atoms with E-state index in [-0.39, 0.29) is 6.90 Å². The van der Waals surface area contributed by atoms with Crippen molar-refractivity contribution in [2.75, 3.05) is 0 Å². The molecule has 0 saturated carbocycles. The van der Waals surface area contributed by atoms with E-state index < -0.39 is 0 Å². The highest BCUT2D eigenvalue weighted by atomic mass is 16.5. The van der Waals surface area contributed by atoms with Crippen LogP contribution in [0.4, 0.5) is 0 Å². The van der Waals surface area contributed by atoms with Gasteiger partial charge in [0.1, 0.15) is 11.9 Å². The maximum absolute atomic E-state index is 6.59. The van der Waals surface area contributed by atoms with Crippen LogP contribution in [0.1, 0.15) is 8.27 Å². The van der Waals surface area contributed by atoms with Crippen molar-refractivity contribution in [3.63, 3.8) is 0 Å². The Hall–Kier alpha value is -0.900. The van der Waals surface area contributed by atoms with Crippen LogP contribution in [0.15, 0.2) is 12.3 Å². The van der Waals surface area contributed by atoms with Crippen LogP contribution in [-0.2, 0) is 4.74 Å². The van der Waals surface area contributed by atoms with Crippen LogP contribution in [0, 0.1) is 12.5 Å². The van der Waals surface area contributed by atoms with Crippen LogP contribution in [0.25, 0.3) is 0 Å². The molecule has 0 aromatic heterocycles. The molecule has 0 heterocycles. The molecule has 0 fully saturated rings. The molecule has 0 amide bonds. The van der Waals surface area contributed by atoms with Crippen LogP contribution >= 0.6 is 0 Å². The Balaban J connectivity index is 3.23. The van der Waals surface area contributed by atoms with E-state index in [1.165, 1.54) is 0 Å². The Bertz CT molecular complexity index is 101. The number of allylic oxidation sites excluding steroid dienone is 1. The molecule has 0 unspecified atom stereocenters. The monoisotopic (exact) mass is 84.1 g/mol. The number of terminal acetylenes is 1. The van der Waals surface area contributed by atoms with Gasteiger partial charge in [0.05, 0.1) is 0 Å². The Morgan fingerprint density at radius 3 is 3.17 bits per heavy atom. The second kappa shape index (κ2) is 2.34. The summed E-state index contributed by atoms with van der Waals surface area (Å²) in [5.74, 6) is 0.308. The molecule has 0 rings (SSSR count). The van der Waals surface area contributed by atoms with Gasteiger partial charge >= 0.3 is 0 Å². The zero-order valence-electron chi connectivity index (χ0n) is 4.40. The van der Waals surface area contributed by atoms with Crippen molar-refractivity contribution in [3.05, 3.63) is 12.3 Å². The van der Waals surface area contributed by atoms with Gasteiger partial charge in [0.15, 0.2) is 0 Å². The lowest BCUT2D eigenvalue weighted by Gasteiger charge is -1.85. The summed E-state index contributed by atoms with van der Waals surface area (Å²) >= 11 is 0. The first-order valence-electron chi connectivity index (χ1n) is 2.11. The Labute approximate surface area is 39.0 Å². The topological polar surface area (TPSA) is 9.23 Å². The van der Waals surface area contributed by atoms with Crippen LogP contribution < -0.4 is 0 Å². The fourth-order valence-corrected chi connectivity index (χ4v) is 0.0833. The van der Waals surface area contributed by atoms with Crippen molar-refractivity contribution in [1.29, 1.82) is 0 Å². The van der Waals surface area contributed by atoms with Gasteiger partial charge in [0, 0.05) is 1.37 Å². The molecule has 0 bridgehead atoms. The van der Waals surface area contributed by atoms with Gasteiger partial charge in [-0.25, -0.2) is 0 Å². The van der Waals surface area contributed by atoms with Crippen molar-refractivity contribution in [1.82, 2.24) is 0 Å². The maximum Gasteiger partial charge on any atom is 0.112 e. The van der Waals surface area contributed by atoms with Crippen molar-refractivity contribution < 1.29 is 6.11 Å². The lowest BCUT2D eigenvalue weighted by atomic mass is 10.7. The van der Waals surface area contributed by atoms with E-state index in [1.54, 1.807) is 0 Å². The summed E-state index contributed by atoms with van der Waals surface area (Å²) in [6, 6.07) is 0. The molecule has 0 radical (unpaired) electrons. The summed E-state index contributed by atoms with van der Waals surface area (Å²) in [6.07, 6.45) is 6.59. The van der Waals surface area contributed by atoms with E-state index in [0.717, 1.165) is 0 Å². The van der Waals surface area contributed by atoms with E-state index in [9.17, 15) is 0 Å². The molecular formula is C5H6O. The predicted molar refractivity (Wildman–Crippen MR) is 24.7 cm³/mol. The molecular weight excluding hydrogens is 76.1 g/mol. The van der Waals surface area contributed by atoms with Gasteiger partial charge in [0.2, 0.25) is 0 Å². The highest BCUT2D eigenvalue weighted by molar-refractivity contribution is 4.83. The van der Waals surface area contributed by atoms with Gasteiger partial charge in [-0.1, -0.05) is 13.0 Å². The molecule has 0 atom stereocenters. The molecule has 0 aliphatic heterocycles. The summed E-state index contributed by atoms with van der Waals surface area (Å²) in [7, 11) is 0. The van der Waals surface area contributed by atoms with E-state index in [4.69, 9.17) is 1.37 Å². The Kier molecular flexibility index (Phi) is 1.29. The first-order chi connectivity index (χ1) is 3.31. The van der Waals surface area contributed by atoms with Gasteiger partial charge in [-0.05, 0) is 6.90 Å². The minimum atomic E-state index is 0.0319. The minimum Gasteiger partial charge on any atom is -0.413 e. The van der Waals surface area contributed by atoms with E-state index in [0.29, 0.717) is 5.76 Å². The third-order valence-corrected chi connectivity index (χ3v) is 0.203. The maximum atomic E-state index is 6.59. The molecule has 0 aliphatic carbocycles. The molecule has 1 nitrogen and oxygen atoms in total. The number of hydrogen-bond donors (Lipinski definition) is 0. The first-order valence-corrected chi connectivity index (χ1v) is 1.40. The van der Waals surface area contributed by atoms with Crippen LogP contribution in [0.2, 0.25) is 0 Å². The summed E-state index contributed by atoms with van der Waals surface area (Å²) in [6.45, 7) is 3.34. The molecule has 6 heavy (non-hydrogen) atoms. The SMILES string of the molecule is [3H]CC(=C)OC#C. The first kappa shape index (κ1) is 3.30. The average Bonchev–Trinajstić information content (AvgIpc) is 1.68. The van der Waals surface area contributed by atoms with Gasteiger partial charge in [-0.15, -0.1) is 0 Å². The number of ether oxygens (including phenoxy) is 1.